The zero-order valence-electron chi connectivity index (χ0n) is 16.3. The maximum absolute atomic E-state index is 13.4. The Morgan fingerprint density at radius 2 is 2.00 bits per heavy atom. The zero-order valence-corrected chi connectivity index (χ0v) is 17.9. The molecule has 1 aromatic heterocycles. The third kappa shape index (κ3) is 6.45. The lowest BCUT2D eigenvalue weighted by atomic mass is 10.0. The molecule has 0 aliphatic carbocycles. The highest BCUT2D eigenvalue weighted by Crippen LogP contribution is 2.24. The summed E-state index contributed by atoms with van der Waals surface area (Å²) in [7, 11) is 0. The smallest absolute Gasteiger partial charge is 0.259 e. The molecule has 3 aromatic rings. The Balaban J connectivity index is 1.74. The predicted octanol–water partition coefficient (Wildman–Crippen LogP) is 4.04. The molecule has 6 nitrogen and oxygen atoms in total. The molecular formula is C21H22FN3O3S2. The van der Waals surface area contributed by atoms with Crippen LogP contribution in [0.25, 0.3) is 0 Å². The van der Waals surface area contributed by atoms with Crippen LogP contribution in [0.2, 0.25) is 0 Å². The molecule has 0 aliphatic rings. The number of carbonyl (C=O) groups excluding carboxylic acids is 1. The van der Waals surface area contributed by atoms with Crippen molar-refractivity contribution in [3.8, 4) is 0 Å². The van der Waals surface area contributed by atoms with Crippen molar-refractivity contribution in [1.29, 1.82) is 0 Å². The third-order valence-electron chi connectivity index (χ3n) is 4.42. The minimum Gasteiger partial charge on any atom is -0.346 e. The number of benzene rings is 2. The summed E-state index contributed by atoms with van der Waals surface area (Å²) < 4.78 is 35.6. The van der Waals surface area contributed by atoms with Gasteiger partial charge in [-0.15, -0.1) is 11.3 Å². The number of nitrogens with zero attached hydrogens (tertiary/aromatic N) is 1. The lowest BCUT2D eigenvalue weighted by Crippen LogP contribution is -2.31. The molecule has 0 saturated heterocycles. The van der Waals surface area contributed by atoms with Crippen LogP contribution in [0.5, 0.6) is 0 Å². The lowest BCUT2D eigenvalue weighted by Gasteiger charge is -2.17. The first kappa shape index (κ1) is 22.1. The summed E-state index contributed by atoms with van der Waals surface area (Å²) in [4.78, 5) is 17.2. The second-order valence-electron chi connectivity index (χ2n) is 6.71. The fraction of sp³-hybridized carbons (Fsp3) is 0.238. The van der Waals surface area contributed by atoms with Crippen molar-refractivity contribution in [3.05, 3.63) is 81.6 Å². The summed E-state index contributed by atoms with van der Waals surface area (Å²) in [6, 6.07) is 12.7. The molecule has 0 spiro atoms. The molecular weight excluding hydrogens is 425 g/mol. The Morgan fingerprint density at radius 1 is 1.23 bits per heavy atom. The molecule has 0 bridgehead atoms. The maximum atomic E-state index is 13.4. The van der Waals surface area contributed by atoms with Crippen LogP contribution in [-0.2, 0) is 35.3 Å². The van der Waals surface area contributed by atoms with E-state index in [9.17, 15) is 13.4 Å². The number of amides is 1. The number of halogens is 1. The van der Waals surface area contributed by atoms with Gasteiger partial charge in [-0.3, -0.25) is 14.1 Å². The van der Waals surface area contributed by atoms with Crippen LogP contribution in [-0.4, -0.2) is 19.7 Å². The Morgan fingerprint density at radius 3 is 2.63 bits per heavy atom. The van der Waals surface area contributed by atoms with E-state index in [-0.39, 0.29) is 24.2 Å². The van der Waals surface area contributed by atoms with Gasteiger partial charge in [-0.05, 0) is 48.2 Å². The van der Waals surface area contributed by atoms with Gasteiger partial charge in [-0.1, -0.05) is 31.2 Å². The lowest BCUT2D eigenvalue weighted by molar-refractivity contribution is -0.121. The highest BCUT2D eigenvalue weighted by Gasteiger charge is 2.19. The van der Waals surface area contributed by atoms with Crippen LogP contribution in [0.4, 0.5) is 10.1 Å². The van der Waals surface area contributed by atoms with Gasteiger partial charge in [0.15, 0.2) is 0 Å². The Hall–Kier alpha value is -2.62. The largest absolute Gasteiger partial charge is 0.346 e. The molecule has 0 fully saturated rings. The van der Waals surface area contributed by atoms with Gasteiger partial charge < -0.3 is 5.32 Å². The summed E-state index contributed by atoms with van der Waals surface area (Å²) in [6.45, 7) is 2.02. The molecule has 3 N–H and O–H groups in total. The van der Waals surface area contributed by atoms with Crippen LogP contribution in [0.1, 0.15) is 34.8 Å². The van der Waals surface area contributed by atoms with Crippen molar-refractivity contribution in [2.24, 2.45) is 0 Å². The molecule has 1 amide bonds. The van der Waals surface area contributed by atoms with Gasteiger partial charge in [0, 0.05) is 11.1 Å². The molecule has 0 saturated carbocycles. The van der Waals surface area contributed by atoms with Gasteiger partial charge in [-0.25, -0.2) is 13.6 Å². The summed E-state index contributed by atoms with van der Waals surface area (Å²) in [6.07, 6.45) is 1.39. The fourth-order valence-electron chi connectivity index (χ4n) is 2.97. The second-order valence-corrected chi connectivity index (χ2v) is 8.30. The second kappa shape index (κ2) is 10.4. The highest BCUT2D eigenvalue weighted by molar-refractivity contribution is 7.80. The number of rotatable bonds is 9. The number of nitrogens with one attached hydrogen (secondary N) is 2. The molecule has 30 heavy (non-hydrogen) atoms. The first-order chi connectivity index (χ1) is 14.4. The molecule has 1 unspecified atom stereocenters. The van der Waals surface area contributed by atoms with Gasteiger partial charge in [0.25, 0.3) is 11.3 Å². The minimum absolute atomic E-state index is 0.0748. The summed E-state index contributed by atoms with van der Waals surface area (Å²) in [5.74, 6) is -0.588. The number of hydrogen-bond acceptors (Lipinski definition) is 4. The zero-order chi connectivity index (χ0) is 21.5. The number of anilines is 1. The first-order valence-electron chi connectivity index (χ1n) is 9.37. The first-order valence-corrected chi connectivity index (χ1v) is 11.4. The molecule has 3 rings (SSSR count). The average Bonchev–Trinajstić information content (AvgIpc) is 3.18. The third-order valence-corrected chi connectivity index (χ3v) is 5.84. The van der Waals surface area contributed by atoms with E-state index in [1.165, 1.54) is 23.5 Å². The van der Waals surface area contributed by atoms with Crippen molar-refractivity contribution in [2.75, 3.05) is 4.72 Å². The van der Waals surface area contributed by atoms with Gasteiger partial charge in [0.1, 0.15) is 10.8 Å². The van der Waals surface area contributed by atoms with Crippen molar-refractivity contribution in [2.45, 2.75) is 32.2 Å². The van der Waals surface area contributed by atoms with E-state index < -0.39 is 11.3 Å². The number of aryl methyl sites for hydroxylation is 1. The minimum atomic E-state index is -2.13. The number of carbonyl (C=O) groups is 1. The maximum Gasteiger partial charge on any atom is 0.259 e. The van der Waals surface area contributed by atoms with Gasteiger partial charge >= 0.3 is 0 Å². The van der Waals surface area contributed by atoms with Crippen molar-refractivity contribution in [3.63, 3.8) is 0 Å². The van der Waals surface area contributed by atoms with Crippen molar-refractivity contribution >= 4 is 34.2 Å². The SMILES string of the molecule is CCc1csc([C@H](Cc2ccc(NS(=O)O)cc2)NC(=O)Cc2cccc(F)c2)n1. The van der Waals surface area contributed by atoms with Gasteiger partial charge in [0.05, 0.1) is 18.2 Å². The van der Waals surface area contributed by atoms with Crippen LogP contribution in [0, 0.1) is 5.82 Å². The quantitative estimate of drug-likeness (QED) is 0.432. The van der Waals surface area contributed by atoms with Gasteiger partial charge in [0.2, 0.25) is 5.91 Å². The molecule has 2 aromatic carbocycles. The molecule has 0 aliphatic heterocycles. The van der Waals surface area contributed by atoms with E-state index in [0.29, 0.717) is 17.7 Å². The van der Waals surface area contributed by atoms with E-state index in [2.05, 4.69) is 15.0 Å². The predicted molar refractivity (Wildman–Crippen MR) is 117 cm³/mol. The van der Waals surface area contributed by atoms with Gasteiger partial charge in [-0.2, -0.15) is 0 Å². The van der Waals surface area contributed by atoms with Crippen molar-refractivity contribution < 1.29 is 17.9 Å². The molecule has 158 valence electrons. The highest BCUT2D eigenvalue weighted by atomic mass is 32.2. The summed E-state index contributed by atoms with van der Waals surface area (Å²) >= 11 is -0.641. The van der Waals surface area contributed by atoms with E-state index in [1.54, 1.807) is 24.3 Å². The standard InChI is InChI=1S/C21H22FN3O3S2/c1-2-17-13-29-21(23-17)19(11-14-6-8-18(9-7-14)25-30(27)28)24-20(26)12-15-4-3-5-16(22)10-15/h3-10,13,19,25H,2,11-12H2,1H3,(H,24,26)(H,27,28)/t19-/m0/s1. The Kier molecular flexibility index (Phi) is 7.67. The summed E-state index contributed by atoms with van der Waals surface area (Å²) in [5, 5.41) is 5.80. The summed E-state index contributed by atoms with van der Waals surface area (Å²) in [5.41, 5.74) is 3.03. The van der Waals surface area contributed by atoms with E-state index in [4.69, 9.17) is 4.55 Å². The van der Waals surface area contributed by atoms with E-state index in [1.807, 2.05) is 24.4 Å². The Labute approximate surface area is 181 Å². The van der Waals surface area contributed by atoms with Crippen LogP contribution in [0.15, 0.2) is 53.9 Å². The van der Waals surface area contributed by atoms with Crippen LogP contribution >= 0.6 is 11.3 Å². The molecule has 9 heteroatoms. The number of aromatic nitrogens is 1. The number of hydrogen-bond donors (Lipinski definition) is 3. The molecule has 1 heterocycles. The topological polar surface area (TPSA) is 91.3 Å². The average molecular weight is 448 g/mol. The fourth-order valence-corrected chi connectivity index (χ4v) is 4.26. The normalized spacial score (nSPS) is 12.9. The van der Waals surface area contributed by atoms with Crippen molar-refractivity contribution in [1.82, 2.24) is 10.3 Å². The molecule has 0 radical (unpaired) electrons. The molecule has 2 atom stereocenters. The Bertz CT molecular complexity index is 1020. The van der Waals surface area contributed by atoms with E-state index >= 15 is 0 Å². The monoisotopic (exact) mass is 447 g/mol. The van der Waals surface area contributed by atoms with E-state index in [0.717, 1.165) is 22.7 Å². The van der Waals surface area contributed by atoms with Crippen LogP contribution in [0.3, 0.4) is 0 Å². The number of thiazole rings is 1. The van der Waals surface area contributed by atoms with Crippen LogP contribution < -0.4 is 10.0 Å².